The summed E-state index contributed by atoms with van der Waals surface area (Å²) in [5.74, 6) is -1.02. The number of rotatable bonds is 4. The average Bonchev–Trinajstić information content (AvgIpc) is 3.28. The number of hydrogen-bond acceptors (Lipinski definition) is 10. The molecule has 2 aromatic heterocycles. The molecule has 1 atom stereocenters. The SMILES string of the molecule is CC[C@@]1(O)C(=O)OCc2c1c([N+](=O)[O-])c1n(c2=O)Cc2c-1nc1ccccc1c2/C=N/N1CCOCC1. The zero-order valence-corrected chi connectivity index (χ0v) is 20.0. The van der Waals surface area contributed by atoms with Gasteiger partial charge in [0.2, 0.25) is 0 Å². The zero-order valence-electron chi connectivity index (χ0n) is 20.0. The van der Waals surface area contributed by atoms with Gasteiger partial charge in [-0.1, -0.05) is 25.1 Å². The van der Waals surface area contributed by atoms with Crippen molar-refractivity contribution in [2.45, 2.75) is 32.1 Å². The van der Waals surface area contributed by atoms with E-state index in [1.807, 2.05) is 17.1 Å². The number of ether oxygens (including phenoxy) is 2. The van der Waals surface area contributed by atoms with E-state index >= 15 is 0 Å². The summed E-state index contributed by atoms with van der Waals surface area (Å²) in [6.45, 7) is 3.46. The van der Waals surface area contributed by atoms with E-state index in [1.54, 1.807) is 18.3 Å². The van der Waals surface area contributed by atoms with Gasteiger partial charge in [0.25, 0.3) is 5.56 Å². The summed E-state index contributed by atoms with van der Waals surface area (Å²) in [6.07, 6.45) is 1.50. The summed E-state index contributed by atoms with van der Waals surface area (Å²) >= 11 is 0. The van der Waals surface area contributed by atoms with Gasteiger partial charge in [-0.3, -0.25) is 24.5 Å². The van der Waals surface area contributed by atoms with Crippen LogP contribution in [0, 0.1) is 10.1 Å². The molecular formula is C25H23N5O7. The quantitative estimate of drug-likeness (QED) is 0.189. The Labute approximate surface area is 209 Å². The van der Waals surface area contributed by atoms with E-state index in [2.05, 4.69) is 5.10 Å². The molecule has 1 N–H and O–H groups in total. The van der Waals surface area contributed by atoms with Crippen molar-refractivity contribution in [2.24, 2.45) is 5.10 Å². The van der Waals surface area contributed by atoms with Crippen LogP contribution in [-0.2, 0) is 33.0 Å². The maximum Gasteiger partial charge on any atom is 0.343 e. The van der Waals surface area contributed by atoms with Crippen molar-refractivity contribution in [1.82, 2.24) is 14.6 Å². The van der Waals surface area contributed by atoms with Gasteiger partial charge in [-0.15, -0.1) is 0 Å². The zero-order chi connectivity index (χ0) is 25.9. The van der Waals surface area contributed by atoms with Gasteiger partial charge in [0.1, 0.15) is 18.0 Å². The Morgan fingerprint density at radius 1 is 1.24 bits per heavy atom. The number of nitro groups is 1. The lowest BCUT2D eigenvalue weighted by molar-refractivity contribution is -0.386. The van der Waals surface area contributed by atoms with E-state index < -0.39 is 34.3 Å². The fourth-order valence-corrected chi connectivity index (χ4v) is 5.34. The molecule has 190 valence electrons. The van der Waals surface area contributed by atoms with Crippen LogP contribution in [0.15, 0.2) is 34.2 Å². The molecule has 0 amide bonds. The Morgan fingerprint density at radius 2 is 2.00 bits per heavy atom. The van der Waals surface area contributed by atoms with E-state index in [0.29, 0.717) is 42.9 Å². The predicted octanol–water partition coefficient (Wildman–Crippen LogP) is 1.65. The summed E-state index contributed by atoms with van der Waals surface area (Å²) < 4.78 is 11.8. The number of aliphatic hydroxyl groups is 1. The number of para-hydroxylation sites is 1. The molecule has 0 saturated carbocycles. The standard InChI is InChI=1S/C25H23N5O7/c1-2-25(33)19-17(13-37-24(25)32)23(31)29-12-16-15(11-26-28-7-9-36-10-8-28)14-5-3-4-6-18(14)27-20(16)22(29)21(19)30(34)35/h3-6,11,33H,2,7-10,12-13H2,1H3/b26-11+/t25-/m0/s1. The summed E-state index contributed by atoms with van der Waals surface area (Å²) in [5.41, 5.74) is -1.69. The number of esters is 1. The van der Waals surface area contributed by atoms with Crippen molar-refractivity contribution < 1.29 is 24.3 Å². The fourth-order valence-electron chi connectivity index (χ4n) is 5.34. The van der Waals surface area contributed by atoms with Gasteiger partial charge in [0.05, 0.1) is 60.6 Å². The lowest BCUT2D eigenvalue weighted by atomic mass is 9.84. The summed E-state index contributed by atoms with van der Waals surface area (Å²) in [7, 11) is 0. The van der Waals surface area contributed by atoms with Gasteiger partial charge in [0, 0.05) is 16.5 Å². The van der Waals surface area contributed by atoms with Crippen LogP contribution in [0.2, 0.25) is 0 Å². The van der Waals surface area contributed by atoms with Crippen LogP contribution in [0.5, 0.6) is 0 Å². The monoisotopic (exact) mass is 505 g/mol. The third kappa shape index (κ3) is 3.36. The average molecular weight is 505 g/mol. The van der Waals surface area contributed by atoms with Crippen LogP contribution in [0.25, 0.3) is 22.3 Å². The second kappa shape index (κ2) is 8.46. The summed E-state index contributed by atoms with van der Waals surface area (Å²) in [6, 6.07) is 7.34. The summed E-state index contributed by atoms with van der Waals surface area (Å²) in [5, 5.41) is 31.0. The van der Waals surface area contributed by atoms with Crippen LogP contribution in [0.3, 0.4) is 0 Å². The van der Waals surface area contributed by atoms with Crippen molar-refractivity contribution in [3.8, 4) is 11.4 Å². The topological polar surface area (TPSA) is 149 Å². The van der Waals surface area contributed by atoms with E-state index in [-0.39, 0.29) is 35.5 Å². The van der Waals surface area contributed by atoms with Crippen LogP contribution >= 0.6 is 0 Å². The molecule has 1 saturated heterocycles. The molecule has 0 radical (unpaired) electrons. The number of pyridine rings is 2. The first kappa shape index (κ1) is 23.3. The Balaban J connectivity index is 1.65. The van der Waals surface area contributed by atoms with Crippen LogP contribution in [0.1, 0.15) is 35.6 Å². The highest BCUT2D eigenvalue weighted by Crippen LogP contribution is 2.46. The number of cyclic esters (lactones) is 1. The second-order valence-electron chi connectivity index (χ2n) is 9.17. The molecule has 12 heteroatoms. The Morgan fingerprint density at radius 3 is 2.73 bits per heavy atom. The van der Waals surface area contributed by atoms with Crippen molar-refractivity contribution in [1.29, 1.82) is 0 Å². The number of fused-ring (bicyclic) bond motifs is 5. The molecule has 0 aliphatic carbocycles. The van der Waals surface area contributed by atoms with E-state index in [1.165, 1.54) is 11.5 Å². The Hall–Kier alpha value is -4.16. The fraction of sp³-hybridized carbons (Fsp3) is 0.360. The molecule has 5 heterocycles. The normalized spacial score (nSPS) is 20.6. The van der Waals surface area contributed by atoms with Crippen LogP contribution in [-0.4, -0.2) is 63.1 Å². The second-order valence-corrected chi connectivity index (χ2v) is 9.17. The lowest BCUT2D eigenvalue weighted by Crippen LogP contribution is -2.45. The number of hydrogen-bond donors (Lipinski definition) is 1. The third-order valence-corrected chi connectivity index (χ3v) is 7.24. The Bertz CT molecular complexity index is 1570. The molecule has 6 rings (SSSR count). The molecule has 3 aliphatic heterocycles. The minimum atomic E-state index is -2.31. The van der Waals surface area contributed by atoms with Gasteiger partial charge < -0.3 is 14.6 Å². The number of benzene rings is 1. The maximum atomic E-state index is 13.6. The van der Waals surface area contributed by atoms with Crippen molar-refractivity contribution in [2.75, 3.05) is 26.3 Å². The van der Waals surface area contributed by atoms with Crippen molar-refractivity contribution in [3.63, 3.8) is 0 Å². The van der Waals surface area contributed by atoms with Crippen LogP contribution in [0.4, 0.5) is 5.69 Å². The van der Waals surface area contributed by atoms with Crippen molar-refractivity contribution >= 4 is 28.8 Å². The highest BCUT2D eigenvalue weighted by atomic mass is 16.6. The maximum absolute atomic E-state index is 13.6. The van der Waals surface area contributed by atoms with Gasteiger partial charge in [-0.05, 0) is 12.5 Å². The number of carbonyl (C=O) groups is 1. The number of hydrazone groups is 1. The molecule has 3 aromatic rings. The minimum Gasteiger partial charge on any atom is -0.458 e. The first-order chi connectivity index (χ1) is 17.8. The predicted molar refractivity (Wildman–Crippen MR) is 131 cm³/mol. The number of carbonyl (C=O) groups excluding carboxylic acids is 1. The first-order valence-corrected chi connectivity index (χ1v) is 12.0. The minimum absolute atomic E-state index is 0.0262. The molecule has 37 heavy (non-hydrogen) atoms. The first-order valence-electron chi connectivity index (χ1n) is 12.0. The highest BCUT2D eigenvalue weighted by Gasteiger charge is 2.52. The number of aromatic nitrogens is 2. The lowest BCUT2D eigenvalue weighted by Gasteiger charge is -2.31. The van der Waals surface area contributed by atoms with Gasteiger partial charge in [0.15, 0.2) is 5.60 Å². The van der Waals surface area contributed by atoms with E-state index in [9.17, 15) is 24.8 Å². The van der Waals surface area contributed by atoms with Crippen LogP contribution < -0.4 is 5.56 Å². The largest absolute Gasteiger partial charge is 0.458 e. The summed E-state index contributed by atoms with van der Waals surface area (Å²) in [4.78, 5) is 42.7. The van der Waals surface area contributed by atoms with E-state index in [0.717, 1.165) is 5.39 Å². The van der Waals surface area contributed by atoms with Gasteiger partial charge in [-0.25, -0.2) is 9.78 Å². The van der Waals surface area contributed by atoms with Gasteiger partial charge >= 0.3 is 11.7 Å². The Kier molecular flexibility index (Phi) is 5.31. The highest BCUT2D eigenvalue weighted by molar-refractivity contribution is 6.03. The molecule has 0 bridgehead atoms. The molecular weight excluding hydrogens is 482 g/mol. The molecule has 0 spiro atoms. The molecule has 1 aromatic carbocycles. The van der Waals surface area contributed by atoms with E-state index in [4.69, 9.17) is 14.5 Å². The molecule has 12 nitrogen and oxygen atoms in total. The van der Waals surface area contributed by atoms with Crippen molar-refractivity contribution in [3.05, 3.63) is 67.0 Å². The number of nitrogens with zero attached hydrogens (tertiary/aromatic N) is 5. The smallest absolute Gasteiger partial charge is 0.343 e. The van der Waals surface area contributed by atoms with Gasteiger partial charge in [-0.2, -0.15) is 5.10 Å². The number of morpholine rings is 1. The molecule has 1 fully saturated rings. The third-order valence-electron chi connectivity index (χ3n) is 7.24. The molecule has 0 unspecified atom stereocenters. The molecule has 3 aliphatic rings.